The lowest BCUT2D eigenvalue weighted by Gasteiger charge is -2.15. The van der Waals surface area contributed by atoms with Gasteiger partial charge in [-0.15, -0.1) is 0 Å². The fraction of sp³-hybridized carbons (Fsp3) is 0.444. The largest absolute Gasteiger partial charge is 0.494 e. The van der Waals surface area contributed by atoms with Gasteiger partial charge in [0.15, 0.2) is 5.75 Å². The number of aryl methyl sites for hydroxylation is 1. The van der Waals surface area contributed by atoms with E-state index >= 15 is 0 Å². The molecule has 1 aromatic rings. The molecule has 1 heterocycles. The Kier molecular flexibility index (Phi) is 3.35. The Labute approximate surface area is 88.1 Å². The molecule has 0 saturated heterocycles. The second kappa shape index (κ2) is 4.23. The van der Waals surface area contributed by atoms with E-state index in [-0.39, 0.29) is 5.69 Å². The van der Waals surface area contributed by atoms with Gasteiger partial charge in [-0.3, -0.25) is 0 Å². The van der Waals surface area contributed by atoms with E-state index in [1.165, 1.54) is 6.92 Å². The first-order valence-corrected chi connectivity index (χ1v) is 4.18. The third-order valence-electron chi connectivity index (χ3n) is 1.84. The lowest BCUT2D eigenvalue weighted by atomic mass is 10.1. The summed E-state index contributed by atoms with van der Waals surface area (Å²) < 4.78 is 66.8. The molecule has 0 aliphatic rings. The Morgan fingerprint density at radius 1 is 1.31 bits per heavy atom. The van der Waals surface area contributed by atoms with E-state index in [2.05, 4.69) is 9.72 Å². The minimum atomic E-state index is -4.75. The van der Waals surface area contributed by atoms with Crippen molar-refractivity contribution in [2.75, 3.05) is 7.11 Å². The summed E-state index contributed by atoms with van der Waals surface area (Å²) in [7, 11) is 0.896. The van der Waals surface area contributed by atoms with Crippen molar-refractivity contribution in [1.82, 2.24) is 4.98 Å². The minimum absolute atomic E-state index is 0.136. The smallest absolute Gasteiger partial charge is 0.420 e. The fourth-order valence-electron chi connectivity index (χ4n) is 1.26. The Morgan fingerprint density at radius 2 is 1.88 bits per heavy atom. The molecule has 0 N–H and O–H groups in total. The molecule has 0 saturated carbocycles. The lowest BCUT2D eigenvalue weighted by molar-refractivity contribution is -0.139. The predicted molar refractivity (Wildman–Crippen MR) is 45.5 cm³/mol. The van der Waals surface area contributed by atoms with Gasteiger partial charge in [0.05, 0.1) is 7.11 Å². The van der Waals surface area contributed by atoms with Gasteiger partial charge in [-0.25, -0.2) is 13.8 Å². The van der Waals surface area contributed by atoms with E-state index in [9.17, 15) is 22.0 Å². The molecular weight excluding hydrogens is 233 g/mol. The average molecular weight is 241 g/mol. The van der Waals surface area contributed by atoms with Crippen LogP contribution in [0.25, 0.3) is 0 Å². The first-order valence-electron chi connectivity index (χ1n) is 4.18. The second-order valence-electron chi connectivity index (χ2n) is 3.03. The van der Waals surface area contributed by atoms with E-state index in [1.807, 2.05) is 0 Å². The maximum absolute atomic E-state index is 12.5. The number of alkyl halides is 5. The van der Waals surface area contributed by atoms with E-state index in [1.54, 1.807) is 0 Å². The molecule has 1 rings (SSSR count). The number of hydrogen-bond donors (Lipinski definition) is 0. The Morgan fingerprint density at radius 3 is 2.25 bits per heavy atom. The van der Waals surface area contributed by atoms with Crippen molar-refractivity contribution in [3.05, 3.63) is 23.0 Å². The molecule has 0 aliphatic heterocycles. The monoisotopic (exact) mass is 241 g/mol. The summed E-state index contributed by atoms with van der Waals surface area (Å²) in [5.74, 6) is -0.923. The molecule has 7 heteroatoms. The van der Waals surface area contributed by atoms with Gasteiger partial charge in [-0.1, -0.05) is 0 Å². The van der Waals surface area contributed by atoms with Crippen LogP contribution in [0.15, 0.2) is 6.07 Å². The van der Waals surface area contributed by atoms with Crippen LogP contribution in [-0.2, 0) is 6.18 Å². The summed E-state index contributed by atoms with van der Waals surface area (Å²) in [6.07, 6.45) is -7.86. The van der Waals surface area contributed by atoms with E-state index < -0.39 is 29.6 Å². The molecular formula is C9H8F5NO. The fourth-order valence-corrected chi connectivity index (χ4v) is 1.26. The summed E-state index contributed by atoms with van der Waals surface area (Å²) in [4.78, 5) is 3.34. The number of ether oxygens (including phenoxy) is 1. The van der Waals surface area contributed by atoms with Crippen molar-refractivity contribution in [2.24, 2.45) is 0 Å². The second-order valence-corrected chi connectivity index (χ2v) is 3.03. The van der Waals surface area contributed by atoms with Crippen LogP contribution < -0.4 is 4.74 Å². The highest BCUT2D eigenvalue weighted by Crippen LogP contribution is 2.40. The molecule has 90 valence electrons. The van der Waals surface area contributed by atoms with Gasteiger partial charge < -0.3 is 4.74 Å². The number of halogens is 5. The van der Waals surface area contributed by atoms with Gasteiger partial charge in [0, 0.05) is 5.69 Å². The molecule has 0 bridgehead atoms. The van der Waals surface area contributed by atoms with Gasteiger partial charge in [-0.05, 0) is 13.0 Å². The van der Waals surface area contributed by atoms with E-state index in [4.69, 9.17) is 0 Å². The van der Waals surface area contributed by atoms with Crippen LogP contribution in [0.4, 0.5) is 22.0 Å². The minimum Gasteiger partial charge on any atom is -0.494 e. The van der Waals surface area contributed by atoms with Crippen LogP contribution >= 0.6 is 0 Å². The average Bonchev–Trinajstić information content (AvgIpc) is 2.14. The quantitative estimate of drug-likeness (QED) is 0.740. The first kappa shape index (κ1) is 12.7. The maximum atomic E-state index is 12.5. The number of rotatable bonds is 2. The number of hydrogen-bond acceptors (Lipinski definition) is 2. The van der Waals surface area contributed by atoms with Crippen LogP contribution in [0.3, 0.4) is 0 Å². The number of pyridine rings is 1. The standard InChI is InChI=1S/C9H8F5NO/c1-4-3-5(9(12,13)14)7(16-2)6(15-4)8(10)11/h3,8H,1-2H3. The van der Waals surface area contributed by atoms with Gasteiger partial charge in [0.25, 0.3) is 6.43 Å². The van der Waals surface area contributed by atoms with Crippen molar-refractivity contribution >= 4 is 0 Å². The Bertz CT molecular complexity index is 388. The highest BCUT2D eigenvalue weighted by Gasteiger charge is 2.37. The predicted octanol–water partition coefficient (Wildman–Crippen LogP) is 3.36. The van der Waals surface area contributed by atoms with Crippen molar-refractivity contribution in [3.63, 3.8) is 0 Å². The van der Waals surface area contributed by atoms with Crippen LogP contribution in [0, 0.1) is 6.92 Å². The summed E-state index contributed by atoms with van der Waals surface area (Å²) >= 11 is 0. The third kappa shape index (κ3) is 2.40. The van der Waals surface area contributed by atoms with Gasteiger partial charge in [0.1, 0.15) is 11.3 Å². The Balaban J connectivity index is 3.49. The normalized spacial score (nSPS) is 12.0. The molecule has 1 aromatic heterocycles. The SMILES string of the molecule is COc1c(C(F)(F)F)cc(C)nc1C(F)F. The van der Waals surface area contributed by atoms with Crippen LogP contribution in [0.5, 0.6) is 5.75 Å². The van der Waals surface area contributed by atoms with Crippen molar-refractivity contribution in [3.8, 4) is 5.75 Å². The number of aromatic nitrogens is 1. The van der Waals surface area contributed by atoms with Crippen molar-refractivity contribution in [2.45, 2.75) is 19.5 Å². The first-order chi connectivity index (χ1) is 7.27. The molecule has 0 aromatic carbocycles. The molecule has 0 amide bonds. The van der Waals surface area contributed by atoms with Crippen molar-refractivity contribution < 1.29 is 26.7 Å². The van der Waals surface area contributed by atoms with Crippen LogP contribution in [0.1, 0.15) is 23.4 Å². The highest BCUT2D eigenvalue weighted by molar-refractivity contribution is 5.41. The van der Waals surface area contributed by atoms with E-state index in [0.29, 0.717) is 6.07 Å². The molecule has 0 aliphatic carbocycles. The number of nitrogens with zero attached hydrogens (tertiary/aromatic N) is 1. The molecule has 0 fully saturated rings. The highest BCUT2D eigenvalue weighted by atomic mass is 19.4. The molecule has 0 radical (unpaired) electrons. The molecule has 0 unspecified atom stereocenters. The van der Waals surface area contributed by atoms with Crippen LogP contribution in [0.2, 0.25) is 0 Å². The van der Waals surface area contributed by atoms with E-state index in [0.717, 1.165) is 7.11 Å². The molecule has 0 atom stereocenters. The topological polar surface area (TPSA) is 22.1 Å². The van der Waals surface area contributed by atoms with Crippen LogP contribution in [-0.4, -0.2) is 12.1 Å². The lowest BCUT2D eigenvalue weighted by Crippen LogP contribution is -2.11. The Hall–Kier alpha value is -1.40. The third-order valence-corrected chi connectivity index (χ3v) is 1.84. The van der Waals surface area contributed by atoms with Gasteiger partial charge >= 0.3 is 6.18 Å². The zero-order valence-corrected chi connectivity index (χ0v) is 8.40. The molecule has 16 heavy (non-hydrogen) atoms. The summed E-state index contributed by atoms with van der Waals surface area (Å²) in [5, 5.41) is 0. The molecule has 2 nitrogen and oxygen atoms in total. The maximum Gasteiger partial charge on any atom is 0.420 e. The zero-order chi connectivity index (χ0) is 12.5. The van der Waals surface area contributed by atoms with Crippen molar-refractivity contribution in [1.29, 1.82) is 0 Å². The van der Waals surface area contributed by atoms with Gasteiger partial charge in [0.2, 0.25) is 0 Å². The summed E-state index contributed by atoms with van der Waals surface area (Å²) in [5.41, 5.74) is -2.36. The molecule has 0 spiro atoms. The summed E-state index contributed by atoms with van der Waals surface area (Å²) in [6, 6.07) is 0.671. The zero-order valence-electron chi connectivity index (χ0n) is 8.40. The van der Waals surface area contributed by atoms with Gasteiger partial charge in [-0.2, -0.15) is 13.2 Å². The summed E-state index contributed by atoms with van der Waals surface area (Å²) in [6.45, 7) is 1.21. The number of methoxy groups -OCH3 is 1.